The molecule has 0 bridgehead atoms. The second-order valence-electron chi connectivity index (χ2n) is 4.93. The lowest BCUT2D eigenvalue weighted by atomic mass is 10.3. The van der Waals surface area contributed by atoms with Crippen molar-refractivity contribution in [1.82, 2.24) is 5.32 Å². The Morgan fingerprint density at radius 1 is 1.33 bits per heavy atom. The van der Waals surface area contributed by atoms with E-state index in [4.69, 9.17) is 0 Å². The fraction of sp³-hybridized carbons (Fsp3) is 0.312. The average Bonchev–Trinajstić information content (AvgIpc) is 2.84. The summed E-state index contributed by atoms with van der Waals surface area (Å²) in [5.41, 5.74) is 2.30. The summed E-state index contributed by atoms with van der Waals surface area (Å²) in [5, 5.41) is 2.97. The molecule has 0 saturated carbocycles. The van der Waals surface area contributed by atoms with Crippen LogP contribution in [0.15, 0.2) is 40.2 Å². The molecule has 1 amide bonds. The maximum Gasteiger partial charge on any atom is 0.261 e. The van der Waals surface area contributed by atoms with Crippen LogP contribution in [0, 0.1) is 6.92 Å². The van der Waals surface area contributed by atoms with Crippen LogP contribution >= 0.6 is 27.3 Å². The fourth-order valence-corrected chi connectivity index (χ4v) is 3.44. The first-order valence-corrected chi connectivity index (χ1v) is 8.49. The Balaban J connectivity index is 1.73. The molecule has 1 aromatic heterocycles. The molecule has 1 heterocycles. The normalized spacial score (nSPS) is 10.4. The number of amides is 1. The molecule has 0 saturated heterocycles. The molecule has 112 valence electrons. The fourth-order valence-electron chi connectivity index (χ4n) is 1.99. The quantitative estimate of drug-likeness (QED) is 0.781. The Morgan fingerprint density at radius 3 is 2.67 bits per heavy atom. The van der Waals surface area contributed by atoms with E-state index in [0.29, 0.717) is 6.54 Å². The van der Waals surface area contributed by atoms with Crippen molar-refractivity contribution in [2.75, 3.05) is 25.0 Å². The molecular formula is C16H19BrN2OS. The molecule has 0 spiro atoms. The molecule has 2 rings (SSSR count). The minimum atomic E-state index is 0.0103. The summed E-state index contributed by atoms with van der Waals surface area (Å²) in [5.74, 6) is 0.0103. The minimum absolute atomic E-state index is 0.0103. The first kappa shape index (κ1) is 16.0. The Labute approximate surface area is 138 Å². The van der Waals surface area contributed by atoms with Crippen molar-refractivity contribution >= 4 is 38.9 Å². The smallest absolute Gasteiger partial charge is 0.261 e. The first-order chi connectivity index (χ1) is 10.1. The molecule has 0 radical (unpaired) electrons. The number of rotatable bonds is 6. The van der Waals surface area contributed by atoms with Crippen LogP contribution in [0.2, 0.25) is 0 Å². The lowest BCUT2D eigenvalue weighted by Gasteiger charge is -2.19. The topological polar surface area (TPSA) is 32.3 Å². The van der Waals surface area contributed by atoms with Gasteiger partial charge in [-0.1, -0.05) is 18.2 Å². The van der Waals surface area contributed by atoms with Crippen LogP contribution < -0.4 is 10.2 Å². The van der Waals surface area contributed by atoms with Crippen LogP contribution in [0.1, 0.15) is 21.7 Å². The van der Waals surface area contributed by atoms with Gasteiger partial charge in [0.15, 0.2) is 0 Å². The highest BCUT2D eigenvalue weighted by molar-refractivity contribution is 9.11. The van der Waals surface area contributed by atoms with Gasteiger partial charge in [0.05, 0.1) is 8.66 Å². The zero-order chi connectivity index (χ0) is 15.2. The Bertz CT molecular complexity index is 578. The number of benzene rings is 1. The molecule has 0 aliphatic rings. The zero-order valence-corrected chi connectivity index (χ0v) is 14.6. The highest BCUT2D eigenvalue weighted by Gasteiger charge is 2.10. The van der Waals surface area contributed by atoms with E-state index < -0.39 is 0 Å². The standard InChI is InChI=1S/C16H19BrN2OS/c1-12-11-14(21-15(12)17)16(20)18-9-6-10-19(2)13-7-4-3-5-8-13/h3-5,7-8,11H,6,9-10H2,1-2H3,(H,18,20). The maximum absolute atomic E-state index is 12.0. The Hall–Kier alpha value is -1.33. The molecule has 0 fully saturated rings. The summed E-state index contributed by atoms with van der Waals surface area (Å²) in [7, 11) is 2.07. The van der Waals surface area contributed by atoms with E-state index in [9.17, 15) is 4.79 Å². The van der Waals surface area contributed by atoms with Crippen LogP contribution in [0.4, 0.5) is 5.69 Å². The van der Waals surface area contributed by atoms with Gasteiger partial charge in [-0.3, -0.25) is 4.79 Å². The van der Waals surface area contributed by atoms with Gasteiger partial charge < -0.3 is 10.2 Å². The Morgan fingerprint density at radius 2 is 2.05 bits per heavy atom. The minimum Gasteiger partial charge on any atom is -0.375 e. The third-order valence-corrected chi connectivity index (χ3v) is 5.37. The molecule has 5 heteroatoms. The SMILES string of the molecule is Cc1cc(C(=O)NCCCN(C)c2ccccc2)sc1Br. The molecule has 21 heavy (non-hydrogen) atoms. The molecule has 0 aliphatic heterocycles. The average molecular weight is 367 g/mol. The number of nitrogens with one attached hydrogen (secondary N) is 1. The monoisotopic (exact) mass is 366 g/mol. The van der Waals surface area contributed by atoms with Crippen molar-refractivity contribution in [3.05, 3.63) is 50.6 Å². The van der Waals surface area contributed by atoms with Gasteiger partial charge in [0.1, 0.15) is 0 Å². The van der Waals surface area contributed by atoms with Gasteiger partial charge in [-0.15, -0.1) is 11.3 Å². The number of thiophene rings is 1. The summed E-state index contributed by atoms with van der Waals surface area (Å²) in [6, 6.07) is 12.2. The second-order valence-corrected chi connectivity index (χ2v) is 7.30. The largest absolute Gasteiger partial charge is 0.375 e. The summed E-state index contributed by atoms with van der Waals surface area (Å²) in [4.78, 5) is 14.9. The number of carbonyl (C=O) groups is 1. The highest BCUT2D eigenvalue weighted by atomic mass is 79.9. The van der Waals surface area contributed by atoms with Crippen molar-refractivity contribution in [1.29, 1.82) is 0 Å². The molecule has 1 aromatic carbocycles. The number of nitrogens with zero attached hydrogens (tertiary/aromatic N) is 1. The number of anilines is 1. The van der Waals surface area contributed by atoms with E-state index in [-0.39, 0.29) is 5.91 Å². The van der Waals surface area contributed by atoms with Crippen LogP contribution in [0.3, 0.4) is 0 Å². The number of para-hydroxylation sites is 1. The van der Waals surface area contributed by atoms with Gasteiger partial charge in [0, 0.05) is 25.8 Å². The van der Waals surface area contributed by atoms with Gasteiger partial charge in [-0.25, -0.2) is 0 Å². The number of hydrogen-bond donors (Lipinski definition) is 1. The number of halogens is 1. The molecule has 0 atom stereocenters. The second kappa shape index (κ2) is 7.61. The summed E-state index contributed by atoms with van der Waals surface area (Å²) in [6.45, 7) is 3.59. The van der Waals surface area contributed by atoms with Crippen molar-refractivity contribution < 1.29 is 4.79 Å². The van der Waals surface area contributed by atoms with Gasteiger partial charge in [0.2, 0.25) is 0 Å². The molecule has 2 aromatic rings. The van der Waals surface area contributed by atoms with E-state index in [1.165, 1.54) is 17.0 Å². The predicted octanol–water partition coefficient (Wildman–Crippen LogP) is 4.08. The third kappa shape index (κ3) is 4.58. The van der Waals surface area contributed by atoms with E-state index >= 15 is 0 Å². The summed E-state index contributed by atoms with van der Waals surface area (Å²) >= 11 is 4.92. The molecule has 1 N–H and O–H groups in total. The van der Waals surface area contributed by atoms with E-state index in [1.807, 2.05) is 31.2 Å². The van der Waals surface area contributed by atoms with Crippen LogP contribution in [0.25, 0.3) is 0 Å². The van der Waals surface area contributed by atoms with E-state index in [1.54, 1.807) is 0 Å². The number of aryl methyl sites for hydroxylation is 1. The van der Waals surface area contributed by atoms with Crippen LogP contribution in [0.5, 0.6) is 0 Å². The van der Waals surface area contributed by atoms with Gasteiger partial charge in [-0.2, -0.15) is 0 Å². The lowest BCUT2D eigenvalue weighted by molar-refractivity contribution is 0.0957. The Kier molecular flexibility index (Phi) is 5.82. The highest BCUT2D eigenvalue weighted by Crippen LogP contribution is 2.27. The van der Waals surface area contributed by atoms with Crippen LogP contribution in [-0.2, 0) is 0 Å². The predicted molar refractivity (Wildman–Crippen MR) is 93.4 cm³/mol. The zero-order valence-electron chi connectivity index (χ0n) is 12.2. The van der Waals surface area contributed by atoms with Gasteiger partial charge >= 0.3 is 0 Å². The molecule has 0 aliphatic carbocycles. The lowest BCUT2D eigenvalue weighted by Crippen LogP contribution is -2.27. The maximum atomic E-state index is 12.0. The van der Waals surface area contributed by atoms with E-state index in [2.05, 4.69) is 45.3 Å². The molecular weight excluding hydrogens is 348 g/mol. The van der Waals surface area contributed by atoms with Crippen molar-refractivity contribution in [3.8, 4) is 0 Å². The van der Waals surface area contributed by atoms with Crippen molar-refractivity contribution in [3.63, 3.8) is 0 Å². The van der Waals surface area contributed by atoms with E-state index in [0.717, 1.165) is 27.2 Å². The number of hydrogen-bond acceptors (Lipinski definition) is 3. The van der Waals surface area contributed by atoms with Gasteiger partial charge in [-0.05, 0) is 53.0 Å². The first-order valence-electron chi connectivity index (χ1n) is 6.88. The summed E-state index contributed by atoms with van der Waals surface area (Å²) < 4.78 is 1.02. The van der Waals surface area contributed by atoms with Crippen molar-refractivity contribution in [2.24, 2.45) is 0 Å². The van der Waals surface area contributed by atoms with Crippen LogP contribution in [-0.4, -0.2) is 26.0 Å². The summed E-state index contributed by atoms with van der Waals surface area (Å²) in [6.07, 6.45) is 0.919. The van der Waals surface area contributed by atoms with Gasteiger partial charge in [0.25, 0.3) is 5.91 Å². The van der Waals surface area contributed by atoms with Crippen molar-refractivity contribution in [2.45, 2.75) is 13.3 Å². The molecule has 0 unspecified atom stereocenters. The third-order valence-electron chi connectivity index (χ3n) is 3.23. The number of carbonyl (C=O) groups excluding carboxylic acids is 1. The molecule has 3 nitrogen and oxygen atoms in total.